The van der Waals surface area contributed by atoms with E-state index in [4.69, 9.17) is 4.84 Å². The number of hydrazone groups is 1. The zero-order chi connectivity index (χ0) is 15.9. The first-order valence-corrected chi connectivity index (χ1v) is 6.49. The largest absolute Gasteiger partial charge is 0.338 e. The quantitative estimate of drug-likeness (QED) is 0.750. The molecule has 0 N–H and O–H groups in total. The number of hydrogen-bond donors (Lipinski definition) is 0. The van der Waals surface area contributed by atoms with E-state index in [0.29, 0.717) is 10.8 Å². The molecule has 2 heterocycles. The van der Waals surface area contributed by atoms with Crippen LogP contribution >= 0.6 is 0 Å². The lowest BCUT2D eigenvalue weighted by Gasteiger charge is -2.12. The number of imide groups is 1. The SMILES string of the molecule is CN1N=C(CC(=O)ON2C(=O)c3ccccc3C2=O)CC1=O. The number of carbonyl (C=O) groups is 4. The predicted octanol–water partition coefficient (Wildman–Crippen LogP) is 0.349. The molecule has 0 aromatic heterocycles. The van der Waals surface area contributed by atoms with Gasteiger partial charge in [-0.15, -0.1) is 0 Å². The maximum atomic E-state index is 12.0. The first kappa shape index (κ1) is 13.9. The van der Waals surface area contributed by atoms with E-state index in [2.05, 4.69) is 5.10 Å². The van der Waals surface area contributed by atoms with Crippen molar-refractivity contribution in [2.45, 2.75) is 12.8 Å². The molecule has 0 saturated heterocycles. The Kier molecular flexibility index (Phi) is 3.21. The van der Waals surface area contributed by atoms with Crippen LogP contribution in [0.4, 0.5) is 0 Å². The Labute approximate surface area is 124 Å². The second-order valence-electron chi connectivity index (χ2n) is 4.85. The summed E-state index contributed by atoms with van der Waals surface area (Å²) < 4.78 is 0. The Morgan fingerprint density at radius 1 is 1.18 bits per heavy atom. The first-order valence-electron chi connectivity index (χ1n) is 6.49. The first-order chi connectivity index (χ1) is 10.5. The van der Waals surface area contributed by atoms with Crippen molar-refractivity contribution in [3.8, 4) is 0 Å². The molecule has 112 valence electrons. The minimum Gasteiger partial charge on any atom is -0.329 e. The van der Waals surface area contributed by atoms with Crippen LogP contribution in [-0.4, -0.2) is 46.5 Å². The standard InChI is InChI=1S/C14H11N3O5/c1-16-11(18)6-8(15-16)7-12(19)22-17-13(20)9-4-2-3-5-10(9)14(17)21/h2-5H,6-7H2,1H3. The van der Waals surface area contributed by atoms with Gasteiger partial charge in [-0.25, -0.2) is 9.80 Å². The summed E-state index contributed by atoms with van der Waals surface area (Å²) in [7, 11) is 1.48. The van der Waals surface area contributed by atoms with E-state index >= 15 is 0 Å². The summed E-state index contributed by atoms with van der Waals surface area (Å²) in [5.41, 5.74) is 0.705. The molecule has 2 aliphatic heterocycles. The van der Waals surface area contributed by atoms with E-state index in [0.717, 1.165) is 5.01 Å². The molecule has 0 bridgehead atoms. The normalized spacial score (nSPS) is 17.0. The lowest BCUT2D eigenvalue weighted by Crippen LogP contribution is -2.33. The third-order valence-electron chi connectivity index (χ3n) is 3.31. The molecule has 0 atom stereocenters. The molecule has 1 aromatic rings. The summed E-state index contributed by atoms with van der Waals surface area (Å²) in [5.74, 6) is -2.43. The van der Waals surface area contributed by atoms with Gasteiger partial charge in [-0.2, -0.15) is 5.10 Å². The molecule has 0 fully saturated rings. The van der Waals surface area contributed by atoms with E-state index in [9.17, 15) is 19.2 Å². The molecule has 2 aliphatic rings. The van der Waals surface area contributed by atoms with Gasteiger partial charge < -0.3 is 4.84 Å². The Hall–Kier alpha value is -3.03. The van der Waals surface area contributed by atoms with Gasteiger partial charge in [0.05, 0.1) is 29.7 Å². The van der Waals surface area contributed by atoms with Crippen molar-refractivity contribution in [3.05, 3.63) is 35.4 Å². The van der Waals surface area contributed by atoms with Gasteiger partial charge in [0.15, 0.2) is 0 Å². The van der Waals surface area contributed by atoms with Crippen LogP contribution in [0.1, 0.15) is 33.6 Å². The van der Waals surface area contributed by atoms with Crippen molar-refractivity contribution in [3.63, 3.8) is 0 Å². The molecular weight excluding hydrogens is 290 g/mol. The molecule has 8 nitrogen and oxygen atoms in total. The highest BCUT2D eigenvalue weighted by Crippen LogP contribution is 2.23. The molecule has 0 unspecified atom stereocenters. The maximum Gasteiger partial charge on any atom is 0.338 e. The summed E-state index contributed by atoms with van der Waals surface area (Å²) in [6, 6.07) is 6.20. The third kappa shape index (κ3) is 2.24. The van der Waals surface area contributed by atoms with Crippen LogP contribution in [0, 0.1) is 0 Å². The number of nitrogens with zero attached hydrogens (tertiary/aromatic N) is 3. The Balaban J connectivity index is 1.69. The van der Waals surface area contributed by atoms with Gasteiger partial charge in [-0.05, 0) is 12.1 Å². The number of carbonyl (C=O) groups excluding carboxylic acids is 4. The van der Waals surface area contributed by atoms with Crippen molar-refractivity contribution in [2.24, 2.45) is 5.10 Å². The number of hydroxylamine groups is 2. The van der Waals surface area contributed by atoms with Crippen LogP contribution in [0.5, 0.6) is 0 Å². The number of rotatable bonds is 3. The highest BCUT2D eigenvalue weighted by atomic mass is 16.7. The fourth-order valence-electron chi connectivity index (χ4n) is 2.24. The van der Waals surface area contributed by atoms with Crippen LogP contribution in [-0.2, 0) is 14.4 Å². The van der Waals surface area contributed by atoms with Gasteiger partial charge in [0, 0.05) is 7.05 Å². The summed E-state index contributed by atoms with van der Waals surface area (Å²) in [6.45, 7) is 0. The van der Waals surface area contributed by atoms with Crippen LogP contribution in [0.3, 0.4) is 0 Å². The molecule has 0 radical (unpaired) electrons. The molecule has 0 saturated carbocycles. The van der Waals surface area contributed by atoms with Crippen LogP contribution in [0.15, 0.2) is 29.4 Å². The number of hydrogen-bond acceptors (Lipinski definition) is 6. The second-order valence-corrected chi connectivity index (χ2v) is 4.85. The van der Waals surface area contributed by atoms with Crippen LogP contribution in [0.2, 0.25) is 0 Å². The Morgan fingerprint density at radius 3 is 2.27 bits per heavy atom. The van der Waals surface area contributed by atoms with E-state index < -0.39 is 17.8 Å². The fourth-order valence-corrected chi connectivity index (χ4v) is 2.24. The number of benzene rings is 1. The zero-order valence-corrected chi connectivity index (χ0v) is 11.6. The summed E-state index contributed by atoms with van der Waals surface area (Å²) in [4.78, 5) is 52.0. The van der Waals surface area contributed by atoms with E-state index in [1.54, 1.807) is 12.1 Å². The van der Waals surface area contributed by atoms with E-state index in [1.807, 2.05) is 0 Å². The Bertz CT molecular complexity index is 705. The third-order valence-corrected chi connectivity index (χ3v) is 3.31. The van der Waals surface area contributed by atoms with Crippen LogP contribution in [0.25, 0.3) is 0 Å². The molecule has 3 amide bonds. The van der Waals surface area contributed by atoms with Gasteiger partial charge >= 0.3 is 5.97 Å². The van der Waals surface area contributed by atoms with Crippen molar-refractivity contribution in [1.29, 1.82) is 0 Å². The van der Waals surface area contributed by atoms with Crippen LogP contribution < -0.4 is 0 Å². The lowest BCUT2D eigenvalue weighted by molar-refractivity contribution is -0.166. The van der Waals surface area contributed by atoms with E-state index in [1.165, 1.54) is 19.2 Å². The number of amides is 3. The lowest BCUT2D eigenvalue weighted by atomic mass is 10.1. The van der Waals surface area contributed by atoms with Crippen molar-refractivity contribution in [2.75, 3.05) is 7.05 Å². The average Bonchev–Trinajstić information content (AvgIpc) is 2.92. The zero-order valence-electron chi connectivity index (χ0n) is 11.6. The molecule has 8 heteroatoms. The fraction of sp³-hybridized carbons (Fsp3) is 0.214. The van der Waals surface area contributed by atoms with Gasteiger partial charge in [0.2, 0.25) is 5.91 Å². The van der Waals surface area contributed by atoms with E-state index in [-0.39, 0.29) is 29.9 Å². The van der Waals surface area contributed by atoms with Crippen molar-refractivity contribution >= 4 is 29.4 Å². The molecule has 0 aliphatic carbocycles. The molecule has 1 aromatic carbocycles. The Morgan fingerprint density at radius 2 is 1.77 bits per heavy atom. The topological polar surface area (TPSA) is 96.3 Å². The monoisotopic (exact) mass is 301 g/mol. The average molecular weight is 301 g/mol. The van der Waals surface area contributed by atoms with Crippen molar-refractivity contribution < 1.29 is 24.0 Å². The van der Waals surface area contributed by atoms with Gasteiger partial charge in [0.1, 0.15) is 0 Å². The smallest absolute Gasteiger partial charge is 0.329 e. The predicted molar refractivity (Wildman–Crippen MR) is 72.5 cm³/mol. The minimum absolute atomic E-state index is 0.0215. The molecular formula is C14H11N3O5. The summed E-state index contributed by atoms with van der Waals surface area (Å²) in [6.07, 6.45) is -0.239. The van der Waals surface area contributed by atoms with Gasteiger partial charge in [-0.1, -0.05) is 17.2 Å². The number of fused-ring (bicyclic) bond motifs is 1. The molecule has 0 spiro atoms. The van der Waals surface area contributed by atoms with Gasteiger partial charge in [-0.3, -0.25) is 14.4 Å². The van der Waals surface area contributed by atoms with Crippen molar-refractivity contribution in [1.82, 2.24) is 10.1 Å². The second kappa shape index (κ2) is 5.06. The summed E-state index contributed by atoms with van der Waals surface area (Å²) in [5, 5.41) is 5.44. The molecule has 22 heavy (non-hydrogen) atoms. The highest BCUT2D eigenvalue weighted by Gasteiger charge is 2.38. The molecule has 3 rings (SSSR count). The van der Waals surface area contributed by atoms with Gasteiger partial charge in [0.25, 0.3) is 11.8 Å². The minimum atomic E-state index is -0.823. The maximum absolute atomic E-state index is 12.0. The summed E-state index contributed by atoms with van der Waals surface area (Å²) >= 11 is 0. The highest BCUT2D eigenvalue weighted by molar-refractivity contribution is 6.21.